The van der Waals surface area contributed by atoms with E-state index in [0.29, 0.717) is 5.02 Å². The van der Waals surface area contributed by atoms with E-state index in [-0.39, 0.29) is 30.2 Å². The first-order chi connectivity index (χ1) is 16.6. The minimum absolute atomic E-state index is 0.0724. The van der Waals surface area contributed by atoms with Crippen molar-refractivity contribution in [1.82, 2.24) is 5.32 Å². The number of carbonyl (C=O) groups is 3. The summed E-state index contributed by atoms with van der Waals surface area (Å²) >= 11 is 5.94. The Bertz CT molecular complexity index is 1260. The van der Waals surface area contributed by atoms with Crippen LogP contribution < -0.4 is 10.6 Å². The lowest BCUT2D eigenvalue weighted by molar-refractivity contribution is -0.117. The highest BCUT2D eigenvalue weighted by Crippen LogP contribution is 2.44. The van der Waals surface area contributed by atoms with Crippen LogP contribution in [0.5, 0.6) is 0 Å². The number of alkyl carbamates (subject to hydrolysis) is 1. The predicted octanol–water partition coefficient (Wildman–Crippen LogP) is 5.68. The first-order valence-electron chi connectivity index (χ1n) is 11.1. The maximum atomic E-state index is 12.6. The lowest BCUT2D eigenvalue weighted by atomic mass is 9.98. The maximum Gasteiger partial charge on any atom is 0.407 e. The van der Waals surface area contributed by atoms with E-state index < -0.39 is 23.5 Å². The van der Waals surface area contributed by atoms with Gasteiger partial charge in [0.25, 0.3) is 0 Å². The highest BCUT2D eigenvalue weighted by Gasteiger charge is 2.30. The third-order valence-electron chi connectivity index (χ3n) is 5.87. The van der Waals surface area contributed by atoms with Crippen LogP contribution in [0.1, 0.15) is 47.7 Å². The normalized spacial score (nSPS) is 12.4. The highest BCUT2D eigenvalue weighted by molar-refractivity contribution is 6.31. The van der Waals surface area contributed by atoms with Gasteiger partial charge in [0.1, 0.15) is 6.61 Å². The molecule has 3 aromatic carbocycles. The number of aromatic carboxylic acids is 1. The van der Waals surface area contributed by atoms with E-state index >= 15 is 0 Å². The van der Waals surface area contributed by atoms with E-state index in [1.165, 1.54) is 18.2 Å². The number of nitrogens with one attached hydrogen (secondary N) is 2. The zero-order valence-electron chi connectivity index (χ0n) is 19.3. The molecule has 4 rings (SSSR count). The first kappa shape index (κ1) is 24.3. The molecule has 0 aromatic heterocycles. The van der Waals surface area contributed by atoms with Crippen LogP contribution in [0.3, 0.4) is 0 Å². The summed E-state index contributed by atoms with van der Waals surface area (Å²) in [7, 11) is 0. The van der Waals surface area contributed by atoms with Gasteiger partial charge < -0.3 is 20.5 Å². The third-order valence-corrected chi connectivity index (χ3v) is 6.11. The number of amides is 2. The Balaban J connectivity index is 1.37. The average molecular weight is 493 g/mol. The van der Waals surface area contributed by atoms with E-state index in [4.69, 9.17) is 16.3 Å². The minimum Gasteiger partial charge on any atom is -0.478 e. The number of benzene rings is 3. The van der Waals surface area contributed by atoms with Gasteiger partial charge in [-0.25, -0.2) is 9.59 Å². The highest BCUT2D eigenvalue weighted by atomic mass is 35.5. The molecule has 3 N–H and O–H groups in total. The van der Waals surface area contributed by atoms with Crippen LogP contribution >= 0.6 is 11.6 Å². The summed E-state index contributed by atoms with van der Waals surface area (Å²) in [6.07, 6.45) is -0.749. The zero-order chi connectivity index (χ0) is 25.2. The molecule has 0 bridgehead atoms. The molecular weight excluding hydrogens is 468 g/mol. The number of fused-ring (bicyclic) bond motifs is 3. The molecule has 0 spiro atoms. The van der Waals surface area contributed by atoms with Gasteiger partial charge in [-0.3, -0.25) is 4.79 Å². The number of ether oxygens (including phenoxy) is 1. The second-order valence-electron chi connectivity index (χ2n) is 9.05. The average Bonchev–Trinajstić information content (AvgIpc) is 3.10. The zero-order valence-corrected chi connectivity index (χ0v) is 20.1. The van der Waals surface area contributed by atoms with Crippen molar-refractivity contribution in [3.63, 3.8) is 0 Å². The number of hydrogen-bond donors (Lipinski definition) is 3. The molecule has 0 saturated carbocycles. The maximum absolute atomic E-state index is 12.6. The molecule has 0 saturated heterocycles. The second-order valence-corrected chi connectivity index (χ2v) is 9.49. The number of carbonyl (C=O) groups excluding carboxylic acids is 2. The van der Waals surface area contributed by atoms with Crippen molar-refractivity contribution in [2.45, 2.75) is 31.7 Å². The molecule has 0 unspecified atom stereocenters. The number of anilines is 1. The van der Waals surface area contributed by atoms with Gasteiger partial charge in [0, 0.05) is 22.9 Å². The number of hydrogen-bond acceptors (Lipinski definition) is 4. The molecule has 0 radical (unpaired) electrons. The molecule has 2 amide bonds. The van der Waals surface area contributed by atoms with Gasteiger partial charge in [-0.1, -0.05) is 60.1 Å². The van der Waals surface area contributed by atoms with Crippen LogP contribution in [-0.4, -0.2) is 35.2 Å². The SMILES string of the molecule is CC(C)(CC(=O)Nc1cc(Cl)ccc1C(=O)O)NC(=O)OCC1c2ccccc2-c2ccccc21. The predicted molar refractivity (Wildman–Crippen MR) is 134 cm³/mol. The summed E-state index contributed by atoms with van der Waals surface area (Å²) in [6.45, 7) is 3.53. The standard InChI is InChI=1S/C27H25ClN2O5/c1-27(2,14-24(31)29-23-13-16(28)11-12-21(23)25(32)33)30-26(34)35-15-22-19-9-5-3-7-17(19)18-8-4-6-10-20(18)22/h3-13,22H,14-15H2,1-2H3,(H,29,31)(H,30,34)(H,32,33). The van der Waals surface area contributed by atoms with Gasteiger partial charge in [0.2, 0.25) is 5.91 Å². The fraction of sp³-hybridized carbons (Fsp3) is 0.222. The van der Waals surface area contributed by atoms with Gasteiger partial charge >= 0.3 is 12.1 Å². The van der Waals surface area contributed by atoms with E-state index in [0.717, 1.165) is 22.3 Å². The fourth-order valence-electron chi connectivity index (χ4n) is 4.36. The van der Waals surface area contributed by atoms with Crippen LogP contribution in [-0.2, 0) is 9.53 Å². The quantitative estimate of drug-likeness (QED) is 0.393. The Kier molecular flexibility index (Phi) is 6.80. The monoisotopic (exact) mass is 492 g/mol. The summed E-state index contributed by atoms with van der Waals surface area (Å²) < 4.78 is 5.56. The topological polar surface area (TPSA) is 105 Å². The lowest BCUT2D eigenvalue weighted by Crippen LogP contribution is -2.46. The number of rotatable bonds is 7. The smallest absolute Gasteiger partial charge is 0.407 e. The van der Waals surface area contributed by atoms with Crippen molar-refractivity contribution in [2.24, 2.45) is 0 Å². The van der Waals surface area contributed by atoms with Crippen molar-refractivity contribution in [2.75, 3.05) is 11.9 Å². The van der Waals surface area contributed by atoms with Gasteiger partial charge in [-0.2, -0.15) is 0 Å². The van der Waals surface area contributed by atoms with Crippen LogP contribution in [0.25, 0.3) is 11.1 Å². The lowest BCUT2D eigenvalue weighted by Gasteiger charge is -2.26. The van der Waals surface area contributed by atoms with Crippen molar-refractivity contribution in [3.8, 4) is 11.1 Å². The molecule has 7 nitrogen and oxygen atoms in total. The molecule has 3 aromatic rings. The molecule has 0 atom stereocenters. The van der Waals surface area contributed by atoms with E-state index in [1.807, 2.05) is 36.4 Å². The van der Waals surface area contributed by atoms with Gasteiger partial charge in [-0.15, -0.1) is 0 Å². The summed E-state index contributed by atoms with van der Waals surface area (Å²) in [6, 6.07) is 20.2. The molecule has 35 heavy (non-hydrogen) atoms. The molecule has 0 aliphatic heterocycles. The minimum atomic E-state index is -1.19. The second kappa shape index (κ2) is 9.80. The van der Waals surface area contributed by atoms with Gasteiger partial charge in [0.05, 0.1) is 11.3 Å². The summed E-state index contributed by atoms with van der Waals surface area (Å²) in [4.78, 5) is 36.6. The van der Waals surface area contributed by atoms with Crippen molar-refractivity contribution in [1.29, 1.82) is 0 Å². The largest absolute Gasteiger partial charge is 0.478 e. The van der Waals surface area contributed by atoms with E-state index in [2.05, 4.69) is 22.8 Å². The number of carboxylic acids is 1. The van der Waals surface area contributed by atoms with Crippen LogP contribution in [0.4, 0.5) is 10.5 Å². The van der Waals surface area contributed by atoms with E-state index in [1.54, 1.807) is 13.8 Å². The fourth-order valence-corrected chi connectivity index (χ4v) is 4.53. The molecule has 1 aliphatic rings. The molecule has 0 heterocycles. The Hall–Kier alpha value is -3.84. The van der Waals surface area contributed by atoms with Crippen molar-refractivity contribution < 1.29 is 24.2 Å². The molecule has 180 valence electrons. The number of carboxylic acid groups (broad SMARTS) is 1. The van der Waals surface area contributed by atoms with E-state index in [9.17, 15) is 19.5 Å². The Morgan fingerprint density at radius 3 is 2.17 bits per heavy atom. The summed E-state index contributed by atoms with van der Waals surface area (Å²) in [5, 5.41) is 14.9. The Morgan fingerprint density at radius 1 is 0.971 bits per heavy atom. The van der Waals surface area contributed by atoms with Crippen LogP contribution in [0.15, 0.2) is 66.7 Å². The van der Waals surface area contributed by atoms with Crippen molar-refractivity contribution >= 4 is 35.3 Å². The van der Waals surface area contributed by atoms with Gasteiger partial charge in [0.15, 0.2) is 0 Å². The summed E-state index contributed by atoms with van der Waals surface area (Å²) in [5.41, 5.74) is 3.55. The number of halogens is 1. The van der Waals surface area contributed by atoms with Crippen LogP contribution in [0.2, 0.25) is 5.02 Å². The first-order valence-corrected chi connectivity index (χ1v) is 11.5. The molecule has 8 heteroatoms. The molecule has 0 fully saturated rings. The Labute approximate surface area is 208 Å². The Morgan fingerprint density at radius 2 is 1.57 bits per heavy atom. The van der Waals surface area contributed by atoms with Gasteiger partial charge in [-0.05, 0) is 54.3 Å². The van der Waals surface area contributed by atoms with Crippen molar-refractivity contribution in [3.05, 3.63) is 88.4 Å². The molecular formula is C27H25ClN2O5. The third kappa shape index (κ3) is 5.46. The van der Waals surface area contributed by atoms with Crippen LogP contribution in [0, 0.1) is 0 Å². The summed E-state index contributed by atoms with van der Waals surface area (Å²) in [5.74, 6) is -1.73. The molecule has 1 aliphatic carbocycles.